The number of aliphatic imine (C=N–C) groups is 1. The van der Waals surface area contributed by atoms with Gasteiger partial charge in [-0.2, -0.15) is 0 Å². The van der Waals surface area contributed by atoms with E-state index < -0.39 is 0 Å². The van der Waals surface area contributed by atoms with Gasteiger partial charge in [0.25, 0.3) is 0 Å². The second kappa shape index (κ2) is 5.09. The Bertz CT molecular complexity index is 127. The minimum Gasteiger partial charge on any atom is -0.501 e. The van der Waals surface area contributed by atoms with Crippen LogP contribution in [0.1, 0.15) is 6.92 Å². The quantitative estimate of drug-likeness (QED) is 0.318. The predicted molar refractivity (Wildman–Crippen MR) is 39.5 cm³/mol. The molecule has 0 fully saturated rings. The molecule has 0 spiro atoms. The summed E-state index contributed by atoms with van der Waals surface area (Å²) in [5, 5.41) is 0. The van der Waals surface area contributed by atoms with Crippen LogP contribution in [-0.4, -0.2) is 13.3 Å². The molecule has 0 rings (SSSR count). The standard InChI is InChI=1S/C7H11NO/c1-4-9-6-5-7(2)8-3/h5-6H,2-4H2,1H3. The van der Waals surface area contributed by atoms with Crippen molar-refractivity contribution < 1.29 is 4.74 Å². The van der Waals surface area contributed by atoms with Gasteiger partial charge in [0.05, 0.1) is 18.6 Å². The van der Waals surface area contributed by atoms with E-state index in [-0.39, 0.29) is 0 Å². The zero-order chi connectivity index (χ0) is 7.11. The third-order valence-corrected chi connectivity index (χ3v) is 0.726. The first-order valence-corrected chi connectivity index (χ1v) is 2.75. The van der Waals surface area contributed by atoms with E-state index in [2.05, 4.69) is 18.3 Å². The highest BCUT2D eigenvalue weighted by Gasteiger charge is 1.75. The first-order chi connectivity index (χ1) is 4.31. The first-order valence-electron chi connectivity index (χ1n) is 2.75. The van der Waals surface area contributed by atoms with E-state index in [9.17, 15) is 0 Å². The summed E-state index contributed by atoms with van der Waals surface area (Å²) in [6.07, 6.45) is 3.22. The van der Waals surface area contributed by atoms with E-state index in [1.165, 1.54) is 0 Å². The van der Waals surface area contributed by atoms with Crippen molar-refractivity contribution in [3.8, 4) is 0 Å². The number of allylic oxidation sites excluding steroid dienone is 1. The lowest BCUT2D eigenvalue weighted by Gasteiger charge is -1.90. The molecule has 50 valence electrons. The molecule has 0 heterocycles. The molecule has 2 nitrogen and oxygen atoms in total. The summed E-state index contributed by atoms with van der Waals surface area (Å²) in [6.45, 7) is 9.41. The summed E-state index contributed by atoms with van der Waals surface area (Å²) in [6, 6.07) is 0. The molecule has 0 radical (unpaired) electrons. The molecule has 0 aliphatic carbocycles. The molecule has 0 atom stereocenters. The Morgan fingerprint density at radius 3 is 2.89 bits per heavy atom. The molecular formula is C7H11NO. The van der Waals surface area contributed by atoms with Crippen molar-refractivity contribution in [2.45, 2.75) is 6.92 Å². The summed E-state index contributed by atoms with van der Waals surface area (Å²) in [7, 11) is 0. The lowest BCUT2D eigenvalue weighted by Crippen LogP contribution is -1.76. The van der Waals surface area contributed by atoms with Crippen molar-refractivity contribution in [3.63, 3.8) is 0 Å². The Morgan fingerprint density at radius 2 is 2.44 bits per heavy atom. The minimum atomic E-state index is 0.614. The van der Waals surface area contributed by atoms with Crippen molar-refractivity contribution in [2.24, 2.45) is 4.99 Å². The second-order valence-corrected chi connectivity index (χ2v) is 1.41. The largest absolute Gasteiger partial charge is 0.501 e. The molecule has 0 saturated heterocycles. The highest BCUT2D eigenvalue weighted by atomic mass is 16.5. The zero-order valence-corrected chi connectivity index (χ0v) is 5.63. The van der Waals surface area contributed by atoms with E-state index in [1.807, 2.05) is 6.92 Å². The summed E-state index contributed by atoms with van der Waals surface area (Å²) in [5.41, 5.74) is 0.614. The summed E-state index contributed by atoms with van der Waals surface area (Å²) >= 11 is 0. The van der Waals surface area contributed by atoms with Gasteiger partial charge in [-0.05, 0) is 19.7 Å². The molecule has 0 aromatic heterocycles. The monoisotopic (exact) mass is 125 g/mol. The second-order valence-electron chi connectivity index (χ2n) is 1.41. The SMILES string of the molecule is C=NC(=C)C=COCC. The lowest BCUT2D eigenvalue weighted by molar-refractivity contribution is 0.269. The molecule has 0 unspecified atom stereocenters. The molecule has 0 N–H and O–H groups in total. The van der Waals surface area contributed by atoms with Gasteiger partial charge in [-0.3, -0.25) is 4.99 Å². The average molecular weight is 125 g/mol. The number of hydrogen-bond donors (Lipinski definition) is 0. The third kappa shape index (κ3) is 4.81. The Kier molecular flexibility index (Phi) is 4.50. The van der Waals surface area contributed by atoms with Crippen LogP contribution >= 0.6 is 0 Å². The minimum absolute atomic E-state index is 0.614. The molecule has 0 aromatic rings. The molecular weight excluding hydrogens is 114 g/mol. The van der Waals surface area contributed by atoms with Gasteiger partial charge in [0.2, 0.25) is 0 Å². The van der Waals surface area contributed by atoms with Crippen LogP contribution in [0.15, 0.2) is 29.6 Å². The fourth-order valence-electron chi connectivity index (χ4n) is 0.276. The van der Waals surface area contributed by atoms with E-state index in [0.717, 1.165) is 0 Å². The molecule has 0 saturated carbocycles. The fourth-order valence-corrected chi connectivity index (χ4v) is 0.276. The number of nitrogens with zero attached hydrogens (tertiary/aromatic N) is 1. The van der Waals surface area contributed by atoms with E-state index >= 15 is 0 Å². The normalized spacial score (nSPS) is 9.44. The van der Waals surface area contributed by atoms with Crippen LogP contribution in [0.5, 0.6) is 0 Å². The molecule has 0 amide bonds. The van der Waals surface area contributed by atoms with Crippen molar-refractivity contribution in [2.75, 3.05) is 6.61 Å². The van der Waals surface area contributed by atoms with Gasteiger partial charge in [-0.15, -0.1) is 0 Å². The van der Waals surface area contributed by atoms with Crippen LogP contribution in [0.2, 0.25) is 0 Å². The number of hydrogen-bond acceptors (Lipinski definition) is 2. The maximum Gasteiger partial charge on any atom is 0.0850 e. The number of ether oxygens (including phenoxy) is 1. The highest BCUT2D eigenvalue weighted by Crippen LogP contribution is 1.91. The van der Waals surface area contributed by atoms with Crippen LogP contribution in [0.3, 0.4) is 0 Å². The van der Waals surface area contributed by atoms with Gasteiger partial charge in [0.1, 0.15) is 0 Å². The summed E-state index contributed by atoms with van der Waals surface area (Å²) in [4.78, 5) is 3.55. The predicted octanol–water partition coefficient (Wildman–Crippen LogP) is 1.75. The van der Waals surface area contributed by atoms with Crippen LogP contribution in [0.25, 0.3) is 0 Å². The fraction of sp³-hybridized carbons (Fsp3) is 0.286. The molecule has 0 aliphatic heterocycles. The highest BCUT2D eigenvalue weighted by molar-refractivity contribution is 5.31. The molecule has 0 bridgehead atoms. The van der Waals surface area contributed by atoms with E-state index in [1.54, 1.807) is 12.3 Å². The van der Waals surface area contributed by atoms with E-state index in [4.69, 9.17) is 4.74 Å². The topological polar surface area (TPSA) is 21.6 Å². The maximum absolute atomic E-state index is 4.88. The third-order valence-electron chi connectivity index (χ3n) is 0.726. The van der Waals surface area contributed by atoms with E-state index in [0.29, 0.717) is 12.3 Å². The van der Waals surface area contributed by atoms with Crippen molar-refractivity contribution in [3.05, 3.63) is 24.6 Å². The van der Waals surface area contributed by atoms with Crippen LogP contribution in [-0.2, 0) is 4.74 Å². The zero-order valence-electron chi connectivity index (χ0n) is 5.63. The molecule has 0 aliphatic rings. The molecule has 2 heteroatoms. The van der Waals surface area contributed by atoms with Gasteiger partial charge in [-0.1, -0.05) is 6.58 Å². The van der Waals surface area contributed by atoms with Crippen molar-refractivity contribution >= 4 is 6.72 Å². The summed E-state index contributed by atoms with van der Waals surface area (Å²) < 4.78 is 4.88. The Balaban J connectivity index is 3.44. The maximum atomic E-state index is 4.88. The van der Waals surface area contributed by atoms with Gasteiger partial charge in [-0.25, -0.2) is 0 Å². The summed E-state index contributed by atoms with van der Waals surface area (Å²) in [5.74, 6) is 0. The van der Waals surface area contributed by atoms with Gasteiger partial charge >= 0.3 is 0 Å². The van der Waals surface area contributed by atoms with Crippen LogP contribution in [0.4, 0.5) is 0 Å². The molecule has 0 aromatic carbocycles. The Morgan fingerprint density at radius 1 is 1.78 bits per heavy atom. The van der Waals surface area contributed by atoms with Gasteiger partial charge < -0.3 is 4.74 Å². The lowest BCUT2D eigenvalue weighted by atomic mass is 10.5. The van der Waals surface area contributed by atoms with Gasteiger partial charge in [0, 0.05) is 0 Å². The van der Waals surface area contributed by atoms with Crippen LogP contribution < -0.4 is 0 Å². The van der Waals surface area contributed by atoms with Crippen molar-refractivity contribution in [1.82, 2.24) is 0 Å². The Hall–Kier alpha value is -1.05. The smallest absolute Gasteiger partial charge is 0.0850 e. The van der Waals surface area contributed by atoms with Crippen LogP contribution in [0, 0.1) is 0 Å². The number of rotatable bonds is 4. The average Bonchev–Trinajstić information content (AvgIpc) is 1.89. The molecule has 9 heavy (non-hydrogen) atoms. The van der Waals surface area contributed by atoms with Gasteiger partial charge in [0.15, 0.2) is 0 Å². The Labute approximate surface area is 55.6 Å². The van der Waals surface area contributed by atoms with Crippen molar-refractivity contribution in [1.29, 1.82) is 0 Å². The first kappa shape index (κ1) is 7.95.